The number of rotatable bonds is 6. The molecular formula is C11H13N5O3S. The third-order valence-corrected chi connectivity index (χ3v) is 3.16. The Morgan fingerprint density at radius 2 is 2.35 bits per heavy atom. The van der Waals surface area contributed by atoms with Crippen LogP contribution in [-0.4, -0.2) is 40.7 Å². The van der Waals surface area contributed by atoms with Gasteiger partial charge >= 0.3 is 6.01 Å². The van der Waals surface area contributed by atoms with Crippen molar-refractivity contribution >= 4 is 29.1 Å². The molecule has 2 heterocycles. The number of nitrogens with zero attached hydrogens (tertiary/aromatic N) is 2. The highest BCUT2D eigenvalue weighted by Crippen LogP contribution is 2.07. The molecule has 0 aliphatic heterocycles. The minimum absolute atomic E-state index is 0.139. The summed E-state index contributed by atoms with van der Waals surface area (Å²) in [7, 11) is 1.43. The monoisotopic (exact) mass is 295 g/mol. The number of ether oxygens (including phenoxy) is 1. The highest BCUT2D eigenvalue weighted by Gasteiger charge is 2.09. The van der Waals surface area contributed by atoms with Crippen molar-refractivity contribution in [2.75, 3.05) is 19.0 Å². The highest BCUT2D eigenvalue weighted by atomic mass is 32.1. The van der Waals surface area contributed by atoms with Crippen LogP contribution in [0.3, 0.4) is 0 Å². The molecule has 0 saturated carbocycles. The van der Waals surface area contributed by atoms with Crippen LogP contribution in [0.25, 0.3) is 0 Å². The first kappa shape index (κ1) is 14.0. The molecule has 9 heteroatoms. The molecule has 8 nitrogen and oxygen atoms in total. The van der Waals surface area contributed by atoms with Gasteiger partial charge in [0, 0.05) is 13.0 Å². The Kier molecular flexibility index (Phi) is 4.66. The summed E-state index contributed by atoms with van der Waals surface area (Å²) in [5.74, 6) is -0.263. The molecule has 0 fully saturated rings. The number of hydrogen-bond donors (Lipinski definition) is 3. The van der Waals surface area contributed by atoms with Gasteiger partial charge in [0.25, 0.3) is 5.91 Å². The molecule has 106 valence electrons. The van der Waals surface area contributed by atoms with Crippen molar-refractivity contribution in [2.45, 2.75) is 6.42 Å². The second kappa shape index (κ2) is 6.66. The molecule has 0 aromatic carbocycles. The lowest BCUT2D eigenvalue weighted by atomic mass is 10.3. The average molecular weight is 295 g/mol. The minimum atomic E-state index is -0.282. The van der Waals surface area contributed by atoms with Gasteiger partial charge in [0.1, 0.15) is 0 Å². The fraction of sp³-hybridized carbons (Fsp3) is 0.273. The second-order valence-corrected chi connectivity index (χ2v) is 4.65. The lowest BCUT2D eigenvalue weighted by Gasteiger charge is -2.03. The van der Waals surface area contributed by atoms with Crippen LogP contribution >= 0.6 is 11.3 Å². The molecule has 0 bridgehead atoms. The average Bonchev–Trinajstić information content (AvgIpc) is 3.09. The Bertz CT molecular complexity index is 581. The van der Waals surface area contributed by atoms with Gasteiger partial charge in [-0.2, -0.15) is 4.98 Å². The van der Waals surface area contributed by atoms with Gasteiger partial charge in [-0.1, -0.05) is 6.07 Å². The van der Waals surface area contributed by atoms with Gasteiger partial charge in [0.05, 0.1) is 12.0 Å². The van der Waals surface area contributed by atoms with Crippen LogP contribution in [0.1, 0.15) is 16.1 Å². The molecule has 2 aromatic heterocycles. The molecule has 0 saturated heterocycles. The Morgan fingerprint density at radius 3 is 3.00 bits per heavy atom. The molecule has 0 atom stereocenters. The molecule has 0 unspecified atom stereocenters. The third-order valence-electron chi connectivity index (χ3n) is 2.29. The van der Waals surface area contributed by atoms with Crippen LogP contribution in [0.15, 0.2) is 17.5 Å². The summed E-state index contributed by atoms with van der Waals surface area (Å²) in [5.41, 5.74) is 0. The van der Waals surface area contributed by atoms with Crippen molar-refractivity contribution in [1.82, 2.24) is 20.5 Å². The van der Waals surface area contributed by atoms with Crippen LogP contribution < -0.4 is 15.4 Å². The Morgan fingerprint density at radius 1 is 1.50 bits per heavy atom. The topological polar surface area (TPSA) is 109 Å². The normalized spacial score (nSPS) is 10.1. The number of carbonyl (C=O) groups is 2. The van der Waals surface area contributed by atoms with E-state index in [2.05, 4.69) is 25.8 Å². The van der Waals surface area contributed by atoms with E-state index < -0.39 is 0 Å². The zero-order valence-electron chi connectivity index (χ0n) is 10.7. The van der Waals surface area contributed by atoms with Crippen LogP contribution in [0, 0.1) is 0 Å². The zero-order chi connectivity index (χ0) is 14.4. The van der Waals surface area contributed by atoms with Gasteiger partial charge < -0.3 is 10.1 Å². The van der Waals surface area contributed by atoms with Gasteiger partial charge in [-0.3, -0.25) is 14.9 Å². The molecule has 2 amide bonds. The van der Waals surface area contributed by atoms with Crippen molar-refractivity contribution < 1.29 is 14.3 Å². The first-order chi connectivity index (χ1) is 9.69. The maximum absolute atomic E-state index is 11.6. The fourth-order valence-electron chi connectivity index (χ4n) is 1.37. The maximum Gasteiger partial charge on any atom is 0.336 e. The lowest BCUT2D eigenvalue weighted by molar-refractivity contribution is -0.116. The summed E-state index contributed by atoms with van der Waals surface area (Å²) in [6.07, 6.45) is 0.139. The van der Waals surface area contributed by atoms with Gasteiger partial charge in [0.15, 0.2) is 0 Å². The first-order valence-corrected chi connectivity index (χ1v) is 6.65. The second-order valence-electron chi connectivity index (χ2n) is 3.70. The van der Waals surface area contributed by atoms with Crippen LogP contribution in [0.5, 0.6) is 6.01 Å². The van der Waals surface area contributed by atoms with Gasteiger partial charge in [-0.05, 0) is 11.4 Å². The number of carbonyl (C=O) groups excluding carboxylic acids is 2. The van der Waals surface area contributed by atoms with Crippen LogP contribution in [0.4, 0.5) is 5.95 Å². The van der Waals surface area contributed by atoms with E-state index in [4.69, 9.17) is 4.74 Å². The van der Waals surface area contributed by atoms with Gasteiger partial charge in [-0.15, -0.1) is 16.4 Å². The van der Waals surface area contributed by atoms with Crippen molar-refractivity contribution in [2.24, 2.45) is 0 Å². The lowest BCUT2D eigenvalue weighted by Crippen LogP contribution is -2.27. The molecule has 0 aliphatic carbocycles. The Labute approximate surface area is 118 Å². The Hall–Kier alpha value is -2.42. The molecule has 2 aromatic rings. The number of aromatic amines is 1. The smallest absolute Gasteiger partial charge is 0.336 e. The number of hydrogen-bond acceptors (Lipinski definition) is 6. The zero-order valence-corrected chi connectivity index (χ0v) is 11.5. The van der Waals surface area contributed by atoms with Crippen molar-refractivity contribution in [3.8, 4) is 6.01 Å². The summed E-state index contributed by atoms with van der Waals surface area (Å²) in [6, 6.07) is 3.66. The van der Waals surface area contributed by atoms with E-state index in [9.17, 15) is 9.59 Å². The highest BCUT2D eigenvalue weighted by molar-refractivity contribution is 7.12. The number of thiophene rings is 1. The van der Waals surface area contributed by atoms with Crippen molar-refractivity contribution in [3.63, 3.8) is 0 Å². The van der Waals surface area contributed by atoms with E-state index in [-0.39, 0.29) is 36.7 Å². The molecule has 3 N–H and O–H groups in total. The van der Waals surface area contributed by atoms with E-state index in [0.29, 0.717) is 4.88 Å². The Balaban J connectivity index is 1.71. The molecule has 2 rings (SSSR count). The van der Waals surface area contributed by atoms with E-state index in [0.717, 1.165) is 0 Å². The summed E-state index contributed by atoms with van der Waals surface area (Å²) in [6.45, 7) is 0.244. The molecule has 0 aliphatic rings. The quantitative estimate of drug-likeness (QED) is 0.724. The fourth-order valence-corrected chi connectivity index (χ4v) is 2.01. The minimum Gasteiger partial charge on any atom is -0.466 e. The number of H-pyrrole nitrogens is 1. The van der Waals surface area contributed by atoms with E-state index in [1.807, 2.05) is 5.38 Å². The van der Waals surface area contributed by atoms with E-state index in [1.165, 1.54) is 18.4 Å². The SMILES string of the molecule is COc1n[nH]c(NC(=O)CCNC(=O)c2cccs2)n1. The number of aromatic nitrogens is 3. The van der Waals surface area contributed by atoms with Crippen molar-refractivity contribution in [3.05, 3.63) is 22.4 Å². The molecule has 0 radical (unpaired) electrons. The predicted octanol–water partition coefficient (Wildman–Crippen LogP) is 0.633. The molecule has 0 spiro atoms. The standard InChI is InChI=1S/C11H13N5O3S/c1-19-11-14-10(15-16-11)13-8(17)4-5-12-9(18)7-3-2-6-20-7/h2-3,6H,4-5H2,1H3,(H,12,18)(H2,13,14,15,16,17). The van der Waals surface area contributed by atoms with Gasteiger partial charge in [-0.25, -0.2) is 5.10 Å². The van der Waals surface area contributed by atoms with Crippen LogP contribution in [0.2, 0.25) is 0 Å². The summed E-state index contributed by atoms with van der Waals surface area (Å²) < 4.78 is 4.77. The summed E-state index contributed by atoms with van der Waals surface area (Å²) in [4.78, 5) is 27.7. The third kappa shape index (κ3) is 3.79. The van der Waals surface area contributed by atoms with Gasteiger partial charge in [0.2, 0.25) is 11.9 Å². The van der Waals surface area contributed by atoms with Crippen LogP contribution in [-0.2, 0) is 4.79 Å². The van der Waals surface area contributed by atoms with E-state index >= 15 is 0 Å². The molecular weight excluding hydrogens is 282 g/mol. The number of amides is 2. The summed E-state index contributed by atoms with van der Waals surface area (Å²) in [5, 5.41) is 13.2. The first-order valence-electron chi connectivity index (χ1n) is 5.77. The maximum atomic E-state index is 11.6. The van der Waals surface area contributed by atoms with E-state index in [1.54, 1.807) is 12.1 Å². The predicted molar refractivity (Wildman–Crippen MR) is 72.8 cm³/mol. The number of methoxy groups -OCH3 is 1. The van der Waals surface area contributed by atoms with Crippen molar-refractivity contribution in [1.29, 1.82) is 0 Å². The summed E-state index contributed by atoms with van der Waals surface area (Å²) >= 11 is 1.35. The molecule has 20 heavy (non-hydrogen) atoms. The number of anilines is 1. The number of nitrogens with one attached hydrogen (secondary N) is 3. The largest absolute Gasteiger partial charge is 0.466 e.